The first-order chi connectivity index (χ1) is 7.97. The molecule has 0 radical (unpaired) electrons. The van der Waals surface area contributed by atoms with E-state index in [0.29, 0.717) is 11.6 Å². The van der Waals surface area contributed by atoms with Crippen molar-refractivity contribution in [3.05, 3.63) is 33.8 Å². The Morgan fingerprint density at radius 1 is 1.29 bits per heavy atom. The van der Waals surface area contributed by atoms with E-state index in [4.69, 9.17) is 27.9 Å². The van der Waals surface area contributed by atoms with Gasteiger partial charge in [-0.1, -0.05) is 43.1 Å². The molecule has 1 N–H and O–H groups in total. The summed E-state index contributed by atoms with van der Waals surface area (Å²) in [5.74, 6) is 0. The van der Waals surface area contributed by atoms with E-state index in [1.165, 1.54) is 0 Å². The fraction of sp³-hybridized carbons (Fsp3) is 0.538. The monoisotopic (exact) mass is 275 g/mol. The third-order valence-electron chi connectivity index (χ3n) is 2.71. The Hall–Kier alpha value is -0.280. The molecule has 96 valence electrons. The van der Waals surface area contributed by atoms with Crippen LogP contribution in [0.2, 0.25) is 10.0 Å². The summed E-state index contributed by atoms with van der Waals surface area (Å²) in [7, 11) is 1.70. The summed E-state index contributed by atoms with van der Waals surface area (Å²) in [5, 5.41) is 4.74. The van der Waals surface area contributed by atoms with Crippen molar-refractivity contribution in [3.8, 4) is 0 Å². The smallest absolute Gasteiger partial charge is 0.0587 e. The number of hydrogen-bond acceptors (Lipinski definition) is 2. The molecular weight excluding hydrogens is 257 g/mol. The van der Waals surface area contributed by atoms with Crippen molar-refractivity contribution in [2.24, 2.45) is 0 Å². The van der Waals surface area contributed by atoms with E-state index in [1.807, 2.05) is 12.1 Å². The molecule has 0 amide bonds. The predicted octanol–water partition coefficient (Wildman–Crippen LogP) is 3.51. The number of rotatable bonds is 6. The van der Waals surface area contributed by atoms with Gasteiger partial charge >= 0.3 is 0 Å². The molecule has 0 heterocycles. The van der Waals surface area contributed by atoms with Gasteiger partial charge in [-0.05, 0) is 17.7 Å². The van der Waals surface area contributed by atoms with Gasteiger partial charge in [-0.3, -0.25) is 0 Å². The van der Waals surface area contributed by atoms with E-state index in [2.05, 4.69) is 19.2 Å². The van der Waals surface area contributed by atoms with E-state index >= 15 is 0 Å². The van der Waals surface area contributed by atoms with Crippen LogP contribution in [0, 0.1) is 0 Å². The third kappa shape index (κ3) is 4.47. The molecule has 0 aliphatic carbocycles. The molecule has 0 saturated carbocycles. The molecule has 0 saturated heterocycles. The molecule has 4 heteroatoms. The van der Waals surface area contributed by atoms with Gasteiger partial charge in [0.25, 0.3) is 0 Å². The molecule has 0 unspecified atom stereocenters. The normalized spacial score (nSPS) is 11.8. The lowest BCUT2D eigenvalue weighted by atomic mass is 9.84. The van der Waals surface area contributed by atoms with Crippen LogP contribution in [0.15, 0.2) is 18.2 Å². The van der Waals surface area contributed by atoms with Crippen LogP contribution in [0.25, 0.3) is 0 Å². The topological polar surface area (TPSA) is 21.3 Å². The fourth-order valence-electron chi connectivity index (χ4n) is 1.71. The molecule has 0 aromatic heterocycles. The van der Waals surface area contributed by atoms with Gasteiger partial charge in [0.05, 0.1) is 6.61 Å². The highest BCUT2D eigenvalue weighted by Gasteiger charge is 2.22. The molecule has 0 aliphatic heterocycles. The molecule has 1 rings (SSSR count). The molecule has 0 atom stereocenters. The number of methoxy groups -OCH3 is 1. The quantitative estimate of drug-likeness (QED) is 0.803. The highest BCUT2D eigenvalue weighted by molar-refractivity contribution is 6.35. The van der Waals surface area contributed by atoms with Crippen molar-refractivity contribution in [1.29, 1.82) is 0 Å². The minimum Gasteiger partial charge on any atom is -0.383 e. The van der Waals surface area contributed by atoms with E-state index in [0.717, 1.165) is 23.7 Å². The van der Waals surface area contributed by atoms with Gasteiger partial charge in [0.1, 0.15) is 0 Å². The molecule has 2 nitrogen and oxygen atoms in total. The van der Waals surface area contributed by atoms with E-state index in [1.54, 1.807) is 13.2 Å². The maximum atomic E-state index is 6.22. The zero-order chi connectivity index (χ0) is 12.9. The van der Waals surface area contributed by atoms with Gasteiger partial charge < -0.3 is 10.1 Å². The molecule has 0 aliphatic rings. The van der Waals surface area contributed by atoms with Gasteiger partial charge in [0.2, 0.25) is 0 Å². The predicted molar refractivity (Wildman–Crippen MR) is 74.2 cm³/mol. The van der Waals surface area contributed by atoms with Crippen molar-refractivity contribution in [2.75, 3.05) is 26.8 Å². The van der Waals surface area contributed by atoms with Gasteiger partial charge in [-0.25, -0.2) is 0 Å². The molecule has 17 heavy (non-hydrogen) atoms. The average molecular weight is 276 g/mol. The molecule has 0 bridgehead atoms. The first kappa shape index (κ1) is 14.8. The largest absolute Gasteiger partial charge is 0.383 e. The average Bonchev–Trinajstić information content (AvgIpc) is 2.24. The first-order valence-corrected chi connectivity index (χ1v) is 6.38. The van der Waals surface area contributed by atoms with Gasteiger partial charge in [-0.15, -0.1) is 0 Å². The lowest BCUT2D eigenvalue weighted by molar-refractivity contribution is 0.197. The summed E-state index contributed by atoms with van der Waals surface area (Å²) < 4.78 is 5.00. The summed E-state index contributed by atoms with van der Waals surface area (Å²) in [6, 6.07) is 5.65. The molecular formula is C13H19Cl2NO. The highest BCUT2D eigenvalue weighted by atomic mass is 35.5. The SMILES string of the molecule is COCCNCC(C)(C)c1ccc(Cl)cc1Cl. The zero-order valence-electron chi connectivity index (χ0n) is 10.5. The maximum Gasteiger partial charge on any atom is 0.0587 e. The Kier molecular flexibility index (Phi) is 5.74. The molecule has 0 spiro atoms. The lowest BCUT2D eigenvalue weighted by Gasteiger charge is -2.27. The fourth-order valence-corrected chi connectivity index (χ4v) is 2.37. The summed E-state index contributed by atoms with van der Waals surface area (Å²) in [4.78, 5) is 0. The Morgan fingerprint density at radius 2 is 2.00 bits per heavy atom. The molecule has 0 fully saturated rings. The zero-order valence-corrected chi connectivity index (χ0v) is 12.0. The van der Waals surface area contributed by atoms with Crippen LogP contribution in [0.3, 0.4) is 0 Å². The minimum absolute atomic E-state index is 0.0323. The number of hydrogen-bond donors (Lipinski definition) is 1. The van der Waals surface area contributed by atoms with Gasteiger partial charge in [-0.2, -0.15) is 0 Å². The van der Waals surface area contributed by atoms with Crippen LogP contribution >= 0.6 is 23.2 Å². The highest BCUT2D eigenvalue weighted by Crippen LogP contribution is 2.31. The van der Waals surface area contributed by atoms with E-state index in [-0.39, 0.29) is 5.41 Å². The lowest BCUT2D eigenvalue weighted by Crippen LogP contribution is -2.34. The maximum absolute atomic E-state index is 6.22. The second-order valence-corrected chi connectivity index (χ2v) is 5.52. The summed E-state index contributed by atoms with van der Waals surface area (Å²) in [6.07, 6.45) is 0. The van der Waals surface area contributed by atoms with Gasteiger partial charge in [0, 0.05) is 35.7 Å². The number of nitrogens with one attached hydrogen (secondary N) is 1. The van der Waals surface area contributed by atoms with E-state index in [9.17, 15) is 0 Å². The van der Waals surface area contributed by atoms with Gasteiger partial charge in [0.15, 0.2) is 0 Å². The Bertz CT molecular complexity index is 366. The van der Waals surface area contributed by atoms with E-state index < -0.39 is 0 Å². The van der Waals surface area contributed by atoms with Crippen LogP contribution in [0.4, 0.5) is 0 Å². The Morgan fingerprint density at radius 3 is 2.59 bits per heavy atom. The minimum atomic E-state index is -0.0323. The van der Waals surface area contributed by atoms with Crippen molar-refractivity contribution in [1.82, 2.24) is 5.32 Å². The standard InChI is InChI=1S/C13H19Cl2NO/c1-13(2,9-16-6-7-17-3)11-5-4-10(14)8-12(11)15/h4-5,8,16H,6-7,9H2,1-3H3. The van der Waals surface area contributed by atoms with Crippen LogP contribution < -0.4 is 5.32 Å². The number of halogens is 2. The second kappa shape index (κ2) is 6.60. The van der Waals surface area contributed by atoms with Crippen LogP contribution in [-0.4, -0.2) is 26.8 Å². The molecule has 1 aromatic carbocycles. The van der Waals surface area contributed by atoms with Crippen molar-refractivity contribution in [3.63, 3.8) is 0 Å². The Balaban J connectivity index is 2.68. The number of benzene rings is 1. The van der Waals surface area contributed by atoms with Crippen LogP contribution in [-0.2, 0) is 10.2 Å². The third-order valence-corrected chi connectivity index (χ3v) is 3.26. The number of ether oxygens (including phenoxy) is 1. The van der Waals surface area contributed by atoms with Crippen molar-refractivity contribution in [2.45, 2.75) is 19.3 Å². The van der Waals surface area contributed by atoms with Crippen molar-refractivity contribution >= 4 is 23.2 Å². The first-order valence-electron chi connectivity index (χ1n) is 5.62. The molecule has 1 aromatic rings. The van der Waals surface area contributed by atoms with Crippen LogP contribution in [0.1, 0.15) is 19.4 Å². The summed E-state index contributed by atoms with van der Waals surface area (Å²) >= 11 is 12.1. The Labute approximate surface area is 113 Å². The van der Waals surface area contributed by atoms with Crippen molar-refractivity contribution < 1.29 is 4.74 Å². The second-order valence-electron chi connectivity index (χ2n) is 4.68. The van der Waals surface area contributed by atoms with Crippen LogP contribution in [0.5, 0.6) is 0 Å². The summed E-state index contributed by atoms with van der Waals surface area (Å²) in [5.41, 5.74) is 1.07. The summed E-state index contributed by atoms with van der Waals surface area (Å²) in [6.45, 7) is 6.71.